The number of carbonyl (C=O) groups excluding carboxylic acids is 1. The molecule has 21 heavy (non-hydrogen) atoms. The average Bonchev–Trinajstić information content (AvgIpc) is 2.87. The van der Waals surface area contributed by atoms with Crippen molar-refractivity contribution in [3.8, 4) is 0 Å². The maximum Gasteiger partial charge on any atom is 0.249 e. The molecule has 1 aliphatic heterocycles. The van der Waals surface area contributed by atoms with Crippen molar-refractivity contribution in [2.24, 2.45) is 5.73 Å². The molecule has 3 N–H and O–H groups in total. The molecule has 0 radical (unpaired) electrons. The average molecular weight is 321 g/mol. The predicted octanol–water partition coefficient (Wildman–Crippen LogP) is 2.07. The van der Waals surface area contributed by atoms with E-state index >= 15 is 0 Å². The normalized spacial score (nSPS) is 22.5. The van der Waals surface area contributed by atoms with E-state index in [4.69, 9.17) is 10.5 Å². The van der Waals surface area contributed by atoms with E-state index in [9.17, 15) is 13.6 Å². The molecule has 1 unspecified atom stereocenters. The molecule has 2 rings (SSSR count). The van der Waals surface area contributed by atoms with Crippen LogP contribution in [0.25, 0.3) is 0 Å². The van der Waals surface area contributed by atoms with Crippen LogP contribution >= 0.6 is 12.4 Å². The van der Waals surface area contributed by atoms with Crippen LogP contribution in [0.5, 0.6) is 0 Å². The van der Waals surface area contributed by atoms with Gasteiger partial charge in [0, 0.05) is 12.1 Å². The molecule has 1 aromatic rings. The van der Waals surface area contributed by atoms with Gasteiger partial charge < -0.3 is 15.8 Å². The minimum atomic E-state index is -0.760. The number of hydrogen-bond acceptors (Lipinski definition) is 3. The molecule has 118 valence electrons. The van der Waals surface area contributed by atoms with Crippen molar-refractivity contribution in [3.05, 3.63) is 35.4 Å². The van der Waals surface area contributed by atoms with E-state index in [1.807, 2.05) is 0 Å². The summed E-state index contributed by atoms with van der Waals surface area (Å²) in [6.07, 6.45) is 0.573. The summed E-state index contributed by atoms with van der Waals surface area (Å²) in [5.74, 6) is -1.72. The second-order valence-electron chi connectivity index (χ2n) is 4.93. The summed E-state index contributed by atoms with van der Waals surface area (Å²) >= 11 is 0. The van der Waals surface area contributed by atoms with Crippen molar-refractivity contribution in [1.82, 2.24) is 5.32 Å². The van der Waals surface area contributed by atoms with Crippen LogP contribution in [0.3, 0.4) is 0 Å². The minimum absolute atomic E-state index is 0. The number of nitrogens with two attached hydrogens (primary N) is 1. The highest BCUT2D eigenvalue weighted by Crippen LogP contribution is 2.23. The van der Waals surface area contributed by atoms with Crippen molar-refractivity contribution >= 4 is 18.3 Å². The lowest BCUT2D eigenvalue weighted by Gasteiger charge is -2.18. The van der Waals surface area contributed by atoms with Gasteiger partial charge in [-0.1, -0.05) is 6.07 Å². The van der Waals surface area contributed by atoms with Gasteiger partial charge in [0.2, 0.25) is 5.91 Å². The Kier molecular flexibility index (Phi) is 6.51. The van der Waals surface area contributed by atoms with Gasteiger partial charge in [-0.25, -0.2) is 8.78 Å². The van der Waals surface area contributed by atoms with Crippen LogP contribution in [-0.4, -0.2) is 24.7 Å². The van der Waals surface area contributed by atoms with Crippen LogP contribution in [0, 0.1) is 11.6 Å². The molecule has 0 bridgehead atoms. The lowest BCUT2D eigenvalue weighted by atomic mass is 10.1. The standard InChI is InChI=1S/C14H18F2N2O2.ClH/c1-8(13-10(15)3-2-4-11(13)16)18-14(19)12-6-5-9(7-17)20-12;/h2-4,8-9,12H,5-7,17H2,1H3,(H,18,19);1H/t8?,9-,12+;/m1./s1. The SMILES string of the molecule is CC(NC(=O)[C@@H]1CC[C@H](CN)O1)c1c(F)cccc1F.Cl. The summed E-state index contributed by atoms with van der Waals surface area (Å²) in [6, 6.07) is 2.85. The minimum Gasteiger partial charge on any atom is -0.364 e. The third kappa shape index (κ3) is 4.12. The highest BCUT2D eigenvalue weighted by atomic mass is 35.5. The third-order valence-electron chi connectivity index (χ3n) is 3.45. The Hall–Kier alpha value is -1.24. The van der Waals surface area contributed by atoms with Crippen LogP contribution in [-0.2, 0) is 9.53 Å². The fourth-order valence-corrected chi connectivity index (χ4v) is 2.37. The van der Waals surface area contributed by atoms with E-state index < -0.39 is 23.8 Å². The van der Waals surface area contributed by atoms with Gasteiger partial charge in [0.05, 0.1) is 12.1 Å². The molecular weight excluding hydrogens is 302 g/mol. The van der Waals surface area contributed by atoms with Crippen LogP contribution in [0.2, 0.25) is 0 Å². The fourth-order valence-electron chi connectivity index (χ4n) is 2.37. The quantitative estimate of drug-likeness (QED) is 0.892. The molecular formula is C14H19ClF2N2O2. The first-order valence-electron chi connectivity index (χ1n) is 6.62. The van der Waals surface area contributed by atoms with E-state index in [0.29, 0.717) is 13.0 Å². The van der Waals surface area contributed by atoms with Crippen molar-refractivity contribution in [3.63, 3.8) is 0 Å². The number of benzene rings is 1. The predicted molar refractivity (Wildman–Crippen MR) is 77.1 cm³/mol. The molecule has 3 atom stereocenters. The fraction of sp³-hybridized carbons (Fsp3) is 0.500. The van der Waals surface area contributed by atoms with E-state index in [-0.39, 0.29) is 30.0 Å². The van der Waals surface area contributed by atoms with Gasteiger partial charge in [-0.15, -0.1) is 12.4 Å². The molecule has 1 fully saturated rings. The molecule has 1 saturated heterocycles. The van der Waals surface area contributed by atoms with Gasteiger partial charge in [0.1, 0.15) is 17.7 Å². The number of halogens is 3. The Morgan fingerprint density at radius 1 is 1.43 bits per heavy atom. The largest absolute Gasteiger partial charge is 0.364 e. The number of hydrogen-bond donors (Lipinski definition) is 2. The van der Waals surface area contributed by atoms with Gasteiger partial charge >= 0.3 is 0 Å². The summed E-state index contributed by atoms with van der Waals surface area (Å²) in [7, 11) is 0. The zero-order valence-electron chi connectivity index (χ0n) is 11.6. The third-order valence-corrected chi connectivity index (χ3v) is 3.45. The highest BCUT2D eigenvalue weighted by molar-refractivity contribution is 5.85. The second-order valence-corrected chi connectivity index (χ2v) is 4.93. The van der Waals surface area contributed by atoms with Gasteiger partial charge in [0.15, 0.2) is 0 Å². The summed E-state index contributed by atoms with van der Waals surface area (Å²) in [5, 5.41) is 2.58. The summed E-state index contributed by atoms with van der Waals surface area (Å²) in [4.78, 5) is 12.0. The van der Waals surface area contributed by atoms with Crippen molar-refractivity contribution in [2.45, 2.75) is 38.0 Å². The summed E-state index contributed by atoms with van der Waals surface area (Å²) in [5.41, 5.74) is 5.33. The number of rotatable bonds is 4. The van der Waals surface area contributed by atoms with E-state index in [2.05, 4.69) is 5.32 Å². The number of carbonyl (C=O) groups is 1. The second kappa shape index (κ2) is 7.68. The first-order valence-corrected chi connectivity index (χ1v) is 6.62. The number of amides is 1. The van der Waals surface area contributed by atoms with E-state index in [0.717, 1.165) is 18.6 Å². The molecule has 0 aliphatic carbocycles. The van der Waals surface area contributed by atoms with Crippen LogP contribution in [0.15, 0.2) is 18.2 Å². The van der Waals surface area contributed by atoms with Gasteiger partial charge in [-0.05, 0) is 31.9 Å². The monoisotopic (exact) mass is 320 g/mol. The van der Waals surface area contributed by atoms with Gasteiger partial charge in [-0.2, -0.15) is 0 Å². The molecule has 1 aromatic carbocycles. The number of ether oxygens (including phenoxy) is 1. The van der Waals surface area contributed by atoms with Gasteiger partial charge in [0.25, 0.3) is 0 Å². The molecule has 7 heteroatoms. The Balaban J connectivity index is 0.00000220. The zero-order valence-corrected chi connectivity index (χ0v) is 12.5. The smallest absolute Gasteiger partial charge is 0.249 e. The molecule has 1 aliphatic rings. The maximum atomic E-state index is 13.6. The lowest BCUT2D eigenvalue weighted by Crippen LogP contribution is -2.37. The maximum absolute atomic E-state index is 13.6. The Labute approximate surface area is 128 Å². The topological polar surface area (TPSA) is 64.4 Å². The lowest BCUT2D eigenvalue weighted by molar-refractivity contribution is -0.132. The van der Waals surface area contributed by atoms with Crippen LogP contribution in [0.4, 0.5) is 8.78 Å². The first-order chi connectivity index (χ1) is 9.52. The summed E-state index contributed by atoms with van der Waals surface area (Å²) in [6.45, 7) is 1.90. The molecule has 4 nitrogen and oxygen atoms in total. The molecule has 1 heterocycles. The van der Waals surface area contributed by atoms with E-state index in [1.165, 1.54) is 13.0 Å². The van der Waals surface area contributed by atoms with Crippen molar-refractivity contribution in [2.75, 3.05) is 6.54 Å². The number of nitrogens with one attached hydrogen (secondary N) is 1. The Morgan fingerprint density at radius 2 is 2.05 bits per heavy atom. The first kappa shape index (κ1) is 17.8. The zero-order chi connectivity index (χ0) is 14.7. The van der Waals surface area contributed by atoms with Crippen LogP contribution in [0.1, 0.15) is 31.4 Å². The van der Waals surface area contributed by atoms with E-state index in [1.54, 1.807) is 0 Å². The highest BCUT2D eigenvalue weighted by Gasteiger charge is 2.31. The Bertz CT molecular complexity index is 482. The Morgan fingerprint density at radius 3 is 2.57 bits per heavy atom. The van der Waals surface area contributed by atoms with Crippen LogP contribution < -0.4 is 11.1 Å². The molecule has 0 spiro atoms. The van der Waals surface area contributed by atoms with Crippen molar-refractivity contribution < 1.29 is 18.3 Å². The van der Waals surface area contributed by atoms with Crippen molar-refractivity contribution in [1.29, 1.82) is 0 Å². The summed E-state index contributed by atoms with van der Waals surface area (Å²) < 4.78 is 32.7. The molecule has 0 aromatic heterocycles. The molecule has 1 amide bonds. The molecule has 0 saturated carbocycles. The van der Waals surface area contributed by atoms with Gasteiger partial charge in [-0.3, -0.25) is 4.79 Å².